The molecule has 1 heterocycles. The average molecular weight is 388 g/mol. The lowest BCUT2D eigenvalue weighted by Crippen LogP contribution is -2.42. The number of benzene rings is 2. The van der Waals surface area contributed by atoms with Crippen molar-refractivity contribution in [1.29, 1.82) is 0 Å². The molecule has 3 rings (SSSR count). The fourth-order valence-corrected chi connectivity index (χ4v) is 4.50. The summed E-state index contributed by atoms with van der Waals surface area (Å²) in [7, 11) is 0. The molecule has 6 heteroatoms. The van der Waals surface area contributed by atoms with Crippen molar-refractivity contribution >= 4 is 34.6 Å². The highest BCUT2D eigenvalue weighted by Gasteiger charge is 2.40. The lowest BCUT2D eigenvalue weighted by Gasteiger charge is -2.32. The molecule has 1 saturated heterocycles. The van der Waals surface area contributed by atoms with Crippen LogP contribution in [0.3, 0.4) is 0 Å². The standard InChI is InChI=1S/C21H25NO4S/c1-14(23)25-18(17-11-7-9-15-8-5-6-10-16(15)17)19-22(12-13-27-19)20(24)26-21(2,3)4/h5-11,18-19H,12-13H2,1-4H3/t18-,19+/m0/s1. The van der Waals surface area contributed by atoms with Crippen LogP contribution in [0.5, 0.6) is 0 Å². The molecule has 0 N–H and O–H groups in total. The Kier molecular flexibility index (Phi) is 5.65. The Labute approximate surface area is 164 Å². The van der Waals surface area contributed by atoms with Gasteiger partial charge in [0.1, 0.15) is 11.0 Å². The normalized spacial score (nSPS) is 18.4. The summed E-state index contributed by atoms with van der Waals surface area (Å²) in [6, 6.07) is 13.9. The van der Waals surface area contributed by atoms with Gasteiger partial charge in [0.05, 0.1) is 0 Å². The third-order valence-electron chi connectivity index (χ3n) is 4.24. The van der Waals surface area contributed by atoms with Gasteiger partial charge in [-0.25, -0.2) is 4.79 Å². The van der Waals surface area contributed by atoms with E-state index < -0.39 is 11.7 Å². The maximum Gasteiger partial charge on any atom is 0.411 e. The van der Waals surface area contributed by atoms with Gasteiger partial charge in [0.25, 0.3) is 0 Å². The van der Waals surface area contributed by atoms with E-state index in [1.807, 2.05) is 63.2 Å². The number of rotatable bonds is 3. The van der Waals surface area contributed by atoms with Crippen molar-refractivity contribution in [3.05, 3.63) is 48.0 Å². The molecule has 144 valence electrons. The average Bonchev–Trinajstić information content (AvgIpc) is 3.07. The van der Waals surface area contributed by atoms with Crippen LogP contribution in [0.25, 0.3) is 10.8 Å². The number of thioether (sulfide) groups is 1. The zero-order chi connectivity index (χ0) is 19.6. The monoisotopic (exact) mass is 387 g/mol. The van der Waals surface area contributed by atoms with E-state index in [2.05, 4.69) is 0 Å². The van der Waals surface area contributed by atoms with Gasteiger partial charge in [0.15, 0.2) is 6.10 Å². The van der Waals surface area contributed by atoms with Gasteiger partial charge in [-0.1, -0.05) is 42.5 Å². The molecule has 1 fully saturated rings. The number of hydrogen-bond donors (Lipinski definition) is 0. The molecular weight excluding hydrogens is 362 g/mol. The van der Waals surface area contributed by atoms with Gasteiger partial charge in [-0.15, -0.1) is 11.8 Å². The number of carbonyl (C=O) groups excluding carboxylic acids is 2. The third-order valence-corrected chi connectivity index (χ3v) is 5.50. The number of carbonyl (C=O) groups is 2. The minimum atomic E-state index is -0.578. The predicted molar refractivity (Wildman–Crippen MR) is 108 cm³/mol. The van der Waals surface area contributed by atoms with Crippen molar-refractivity contribution in [3.63, 3.8) is 0 Å². The Hall–Kier alpha value is -2.21. The van der Waals surface area contributed by atoms with Gasteiger partial charge < -0.3 is 9.47 Å². The largest absolute Gasteiger partial charge is 0.454 e. The molecule has 0 unspecified atom stereocenters. The van der Waals surface area contributed by atoms with Crippen LogP contribution in [0.1, 0.15) is 39.4 Å². The zero-order valence-corrected chi connectivity index (χ0v) is 16.9. The Morgan fingerprint density at radius 1 is 1.15 bits per heavy atom. The summed E-state index contributed by atoms with van der Waals surface area (Å²) in [4.78, 5) is 26.2. The molecule has 0 aromatic heterocycles. The van der Waals surface area contributed by atoms with Crippen LogP contribution in [-0.2, 0) is 14.3 Å². The van der Waals surface area contributed by atoms with E-state index in [1.54, 1.807) is 16.7 Å². The molecule has 0 aliphatic carbocycles. The number of fused-ring (bicyclic) bond motifs is 1. The van der Waals surface area contributed by atoms with Gasteiger partial charge >= 0.3 is 12.1 Å². The van der Waals surface area contributed by atoms with Gasteiger partial charge in [0, 0.05) is 24.8 Å². The lowest BCUT2D eigenvalue weighted by molar-refractivity contribution is -0.148. The second-order valence-corrected chi connectivity index (χ2v) is 8.76. The lowest BCUT2D eigenvalue weighted by atomic mass is 9.99. The molecule has 5 nitrogen and oxygen atoms in total. The van der Waals surface area contributed by atoms with E-state index in [0.29, 0.717) is 6.54 Å². The van der Waals surface area contributed by atoms with E-state index in [4.69, 9.17) is 9.47 Å². The first-order chi connectivity index (χ1) is 12.8. The second kappa shape index (κ2) is 7.80. The molecule has 27 heavy (non-hydrogen) atoms. The Morgan fingerprint density at radius 2 is 1.85 bits per heavy atom. The first-order valence-electron chi connectivity index (χ1n) is 9.02. The summed E-state index contributed by atoms with van der Waals surface area (Å²) < 4.78 is 11.3. The van der Waals surface area contributed by atoms with E-state index >= 15 is 0 Å². The number of hydrogen-bond acceptors (Lipinski definition) is 5. The van der Waals surface area contributed by atoms with Crippen LogP contribution in [0.4, 0.5) is 4.79 Å². The van der Waals surface area contributed by atoms with E-state index in [9.17, 15) is 9.59 Å². The zero-order valence-electron chi connectivity index (χ0n) is 16.1. The highest BCUT2D eigenvalue weighted by Crippen LogP contribution is 2.39. The molecule has 2 aromatic rings. The fraction of sp³-hybridized carbons (Fsp3) is 0.429. The summed E-state index contributed by atoms with van der Waals surface area (Å²) in [5.74, 6) is 0.400. The molecule has 1 aliphatic rings. The van der Waals surface area contributed by atoms with Crippen molar-refractivity contribution in [1.82, 2.24) is 4.90 Å². The quantitative estimate of drug-likeness (QED) is 0.711. The van der Waals surface area contributed by atoms with Crippen molar-refractivity contribution < 1.29 is 19.1 Å². The SMILES string of the molecule is CC(=O)O[C@@H](c1cccc2ccccc12)[C@H]1SCCN1C(=O)OC(C)(C)C. The maximum absolute atomic E-state index is 12.7. The van der Waals surface area contributed by atoms with Crippen LogP contribution in [-0.4, -0.2) is 40.2 Å². The Balaban J connectivity index is 1.99. The number of amides is 1. The molecular formula is C21H25NO4S. The first kappa shape index (κ1) is 19.5. The number of nitrogens with zero attached hydrogens (tertiary/aromatic N) is 1. The number of ether oxygens (including phenoxy) is 2. The summed E-state index contributed by atoms with van der Waals surface area (Å²) >= 11 is 1.61. The van der Waals surface area contributed by atoms with Crippen molar-refractivity contribution in [2.45, 2.75) is 44.8 Å². The van der Waals surface area contributed by atoms with Gasteiger partial charge in [-0.3, -0.25) is 9.69 Å². The summed E-state index contributed by atoms with van der Waals surface area (Å²) in [6.45, 7) is 7.49. The Morgan fingerprint density at radius 3 is 2.56 bits per heavy atom. The summed E-state index contributed by atoms with van der Waals surface area (Å²) in [5, 5.41) is 1.76. The molecule has 0 bridgehead atoms. The minimum absolute atomic E-state index is 0.324. The smallest absolute Gasteiger partial charge is 0.411 e. The third kappa shape index (κ3) is 4.56. The molecule has 2 atom stereocenters. The van der Waals surface area contributed by atoms with Gasteiger partial charge in [-0.2, -0.15) is 0 Å². The van der Waals surface area contributed by atoms with Crippen LogP contribution in [0, 0.1) is 0 Å². The molecule has 0 radical (unpaired) electrons. The van der Waals surface area contributed by atoms with E-state index in [1.165, 1.54) is 6.92 Å². The number of esters is 1. The van der Waals surface area contributed by atoms with E-state index in [-0.39, 0.29) is 17.4 Å². The van der Waals surface area contributed by atoms with Crippen molar-refractivity contribution in [2.24, 2.45) is 0 Å². The van der Waals surface area contributed by atoms with Crippen LogP contribution >= 0.6 is 11.8 Å². The molecule has 0 spiro atoms. The highest BCUT2D eigenvalue weighted by atomic mass is 32.2. The van der Waals surface area contributed by atoms with Crippen molar-refractivity contribution in [3.8, 4) is 0 Å². The van der Waals surface area contributed by atoms with Crippen molar-refractivity contribution in [2.75, 3.05) is 12.3 Å². The fourth-order valence-electron chi connectivity index (χ4n) is 3.21. The summed E-state index contributed by atoms with van der Waals surface area (Å²) in [5.41, 5.74) is 0.321. The molecule has 1 amide bonds. The molecule has 0 saturated carbocycles. The first-order valence-corrected chi connectivity index (χ1v) is 10.1. The Bertz CT molecular complexity index is 840. The minimum Gasteiger partial charge on any atom is -0.454 e. The van der Waals surface area contributed by atoms with E-state index in [0.717, 1.165) is 22.1 Å². The van der Waals surface area contributed by atoms with Crippen LogP contribution < -0.4 is 0 Å². The second-order valence-electron chi connectivity index (χ2n) is 7.53. The maximum atomic E-state index is 12.7. The highest BCUT2D eigenvalue weighted by molar-refractivity contribution is 8.00. The summed E-state index contributed by atoms with van der Waals surface area (Å²) in [6.07, 6.45) is -0.941. The topological polar surface area (TPSA) is 55.8 Å². The predicted octanol–water partition coefficient (Wildman–Crippen LogP) is 4.75. The van der Waals surface area contributed by atoms with Gasteiger partial charge in [-0.05, 0) is 31.5 Å². The van der Waals surface area contributed by atoms with Crippen LogP contribution in [0.2, 0.25) is 0 Å². The molecule has 2 aromatic carbocycles. The molecule has 1 aliphatic heterocycles. The van der Waals surface area contributed by atoms with Gasteiger partial charge in [0.2, 0.25) is 0 Å². The van der Waals surface area contributed by atoms with Crippen LogP contribution in [0.15, 0.2) is 42.5 Å².